The maximum absolute atomic E-state index is 13.7. The Bertz CT molecular complexity index is 1220. The van der Waals surface area contributed by atoms with E-state index in [1.165, 1.54) is 18.3 Å². The number of nitrogens with zero attached hydrogens (tertiary/aromatic N) is 2. The molecule has 31 heavy (non-hydrogen) atoms. The Morgan fingerprint density at radius 2 is 2.03 bits per heavy atom. The average Bonchev–Trinajstić information content (AvgIpc) is 3.13. The molecule has 1 aliphatic heterocycles. The first kappa shape index (κ1) is 20.9. The van der Waals surface area contributed by atoms with Gasteiger partial charge in [-0.25, -0.2) is 4.98 Å². The maximum atomic E-state index is 13.7. The molecular formula is C22H21F3N4O2. The SMILES string of the molecule is Cc1cccc2[nH]cc(C(=O)Nc3ccc(N4CCCC4C)nc3C(F)(F)F)c(=O)c12. The molecule has 1 fully saturated rings. The van der Waals surface area contributed by atoms with E-state index in [2.05, 4.69) is 15.3 Å². The summed E-state index contributed by atoms with van der Waals surface area (Å²) in [6.45, 7) is 4.29. The van der Waals surface area contributed by atoms with Crippen LogP contribution in [0.15, 0.2) is 41.3 Å². The number of H-pyrrole nitrogens is 1. The highest BCUT2D eigenvalue weighted by atomic mass is 19.4. The van der Waals surface area contributed by atoms with Gasteiger partial charge in [-0.2, -0.15) is 13.2 Å². The minimum Gasteiger partial charge on any atom is -0.360 e. The van der Waals surface area contributed by atoms with Crippen LogP contribution in [0.25, 0.3) is 10.9 Å². The normalized spacial score (nSPS) is 16.7. The number of hydrogen-bond acceptors (Lipinski definition) is 4. The number of benzene rings is 1. The number of halogens is 3. The van der Waals surface area contributed by atoms with Crippen LogP contribution in [0, 0.1) is 6.92 Å². The van der Waals surface area contributed by atoms with Crippen LogP contribution in [0.4, 0.5) is 24.7 Å². The quantitative estimate of drug-likeness (QED) is 0.642. The van der Waals surface area contributed by atoms with Crippen LogP contribution in [0.1, 0.15) is 41.4 Å². The van der Waals surface area contributed by atoms with E-state index in [1.807, 2.05) is 11.8 Å². The van der Waals surface area contributed by atoms with Gasteiger partial charge in [0.2, 0.25) is 5.43 Å². The van der Waals surface area contributed by atoms with E-state index in [0.29, 0.717) is 23.0 Å². The van der Waals surface area contributed by atoms with Crippen LogP contribution in [-0.4, -0.2) is 28.5 Å². The lowest BCUT2D eigenvalue weighted by molar-refractivity contribution is -0.140. The smallest absolute Gasteiger partial charge is 0.360 e. The Balaban J connectivity index is 1.71. The number of fused-ring (bicyclic) bond motifs is 1. The molecule has 0 aliphatic carbocycles. The van der Waals surface area contributed by atoms with Crippen molar-refractivity contribution in [3.05, 3.63) is 63.6 Å². The number of pyridine rings is 2. The monoisotopic (exact) mass is 430 g/mol. The van der Waals surface area contributed by atoms with Crippen molar-refractivity contribution in [2.24, 2.45) is 0 Å². The van der Waals surface area contributed by atoms with E-state index in [4.69, 9.17) is 0 Å². The highest BCUT2D eigenvalue weighted by molar-refractivity contribution is 6.06. The Hall–Kier alpha value is -3.36. The summed E-state index contributed by atoms with van der Waals surface area (Å²) in [4.78, 5) is 34.0. The third-order valence-electron chi connectivity index (χ3n) is 5.61. The zero-order valence-electron chi connectivity index (χ0n) is 17.0. The lowest BCUT2D eigenvalue weighted by Gasteiger charge is -2.24. The molecule has 0 bridgehead atoms. The van der Waals surface area contributed by atoms with E-state index < -0.39 is 28.9 Å². The minimum atomic E-state index is -4.77. The van der Waals surface area contributed by atoms with Gasteiger partial charge in [-0.3, -0.25) is 9.59 Å². The van der Waals surface area contributed by atoms with Gasteiger partial charge in [0.25, 0.3) is 5.91 Å². The number of rotatable bonds is 3. The third kappa shape index (κ3) is 3.87. The number of carbonyl (C=O) groups excluding carboxylic acids is 1. The van der Waals surface area contributed by atoms with Gasteiger partial charge in [0.15, 0.2) is 5.69 Å². The van der Waals surface area contributed by atoms with Crippen LogP contribution < -0.4 is 15.6 Å². The molecule has 6 nitrogen and oxygen atoms in total. The summed E-state index contributed by atoms with van der Waals surface area (Å²) in [6.07, 6.45) is -1.80. The van der Waals surface area contributed by atoms with Crippen LogP contribution in [-0.2, 0) is 6.18 Å². The number of carbonyl (C=O) groups is 1. The molecule has 2 N–H and O–H groups in total. The molecule has 1 atom stereocenters. The lowest BCUT2D eigenvalue weighted by Crippen LogP contribution is -2.29. The molecule has 9 heteroatoms. The number of aryl methyl sites for hydroxylation is 1. The largest absolute Gasteiger partial charge is 0.435 e. The molecule has 1 aliphatic rings. The van der Waals surface area contributed by atoms with Gasteiger partial charge in [-0.1, -0.05) is 12.1 Å². The first-order valence-electron chi connectivity index (χ1n) is 9.94. The summed E-state index contributed by atoms with van der Waals surface area (Å²) < 4.78 is 41.1. The van der Waals surface area contributed by atoms with Gasteiger partial charge in [-0.15, -0.1) is 0 Å². The Labute approximate surface area is 176 Å². The van der Waals surface area contributed by atoms with Crippen molar-refractivity contribution in [1.82, 2.24) is 9.97 Å². The number of anilines is 2. The van der Waals surface area contributed by atoms with Gasteiger partial charge in [-0.05, 0) is 50.5 Å². The van der Waals surface area contributed by atoms with Crippen molar-refractivity contribution in [3.63, 3.8) is 0 Å². The van der Waals surface area contributed by atoms with Gasteiger partial charge in [0.1, 0.15) is 11.4 Å². The van der Waals surface area contributed by atoms with Crippen LogP contribution >= 0.6 is 0 Å². The number of amides is 1. The van der Waals surface area contributed by atoms with Gasteiger partial charge in [0.05, 0.1) is 5.69 Å². The zero-order valence-corrected chi connectivity index (χ0v) is 17.0. The molecular weight excluding hydrogens is 409 g/mol. The maximum Gasteiger partial charge on any atom is 0.435 e. The van der Waals surface area contributed by atoms with Crippen LogP contribution in [0.2, 0.25) is 0 Å². The summed E-state index contributed by atoms with van der Waals surface area (Å²) in [5.74, 6) is -0.713. The van der Waals surface area contributed by atoms with Gasteiger partial charge in [0, 0.05) is 29.7 Å². The van der Waals surface area contributed by atoms with Crippen molar-refractivity contribution in [2.45, 2.75) is 38.9 Å². The second-order valence-electron chi connectivity index (χ2n) is 7.73. The van der Waals surface area contributed by atoms with E-state index in [9.17, 15) is 22.8 Å². The van der Waals surface area contributed by atoms with Crippen molar-refractivity contribution in [3.8, 4) is 0 Å². The molecule has 162 valence electrons. The fraction of sp³-hybridized carbons (Fsp3) is 0.318. The number of hydrogen-bond donors (Lipinski definition) is 2. The number of aromatic amines is 1. The fourth-order valence-corrected chi connectivity index (χ4v) is 4.00. The molecule has 1 aromatic carbocycles. The van der Waals surface area contributed by atoms with Gasteiger partial charge < -0.3 is 15.2 Å². The van der Waals surface area contributed by atoms with Crippen molar-refractivity contribution in [1.29, 1.82) is 0 Å². The zero-order chi connectivity index (χ0) is 22.3. The highest BCUT2D eigenvalue weighted by Crippen LogP contribution is 2.36. The summed E-state index contributed by atoms with van der Waals surface area (Å²) in [6, 6.07) is 7.92. The van der Waals surface area contributed by atoms with Crippen molar-refractivity contribution >= 4 is 28.3 Å². The molecule has 0 radical (unpaired) electrons. The van der Waals surface area contributed by atoms with Crippen LogP contribution in [0.3, 0.4) is 0 Å². The van der Waals surface area contributed by atoms with Crippen molar-refractivity contribution in [2.75, 3.05) is 16.8 Å². The second kappa shape index (κ2) is 7.72. The highest BCUT2D eigenvalue weighted by Gasteiger charge is 2.37. The first-order valence-corrected chi connectivity index (χ1v) is 9.94. The molecule has 3 heterocycles. The van der Waals surface area contributed by atoms with E-state index >= 15 is 0 Å². The average molecular weight is 430 g/mol. The van der Waals surface area contributed by atoms with Crippen molar-refractivity contribution < 1.29 is 18.0 Å². The number of aromatic nitrogens is 2. The van der Waals surface area contributed by atoms with E-state index in [-0.39, 0.29) is 17.4 Å². The standard InChI is InChI=1S/C22H21F3N4O2/c1-12-5-3-7-15-18(12)19(30)14(11-26-15)21(31)27-16-8-9-17(28-20(16)22(23,24)25)29-10-4-6-13(29)2/h3,5,7-9,11,13H,4,6,10H2,1-2H3,(H,26,30)(H,27,31). The van der Waals surface area contributed by atoms with Crippen LogP contribution in [0.5, 0.6) is 0 Å². The summed E-state index contributed by atoms with van der Waals surface area (Å²) in [7, 11) is 0. The predicted octanol–water partition coefficient (Wildman–Crippen LogP) is 4.49. The summed E-state index contributed by atoms with van der Waals surface area (Å²) in [5.41, 5.74) is -1.29. The fourth-order valence-electron chi connectivity index (χ4n) is 4.00. The third-order valence-corrected chi connectivity index (χ3v) is 5.61. The Kier molecular flexibility index (Phi) is 5.20. The summed E-state index contributed by atoms with van der Waals surface area (Å²) >= 11 is 0. The molecule has 4 rings (SSSR count). The van der Waals surface area contributed by atoms with Gasteiger partial charge >= 0.3 is 6.18 Å². The molecule has 1 amide bonds. The minimum absolute atomic E-state index is 0.0911. The van der Waals surface area contributed by atoms with E-state index in [1.54, 1.807) is 25.1 Å². The molecule has 2 aromatic heterocycles. The molecule has 0 spiro atoms. The molecule has 3 aromatic rings. The topological polar surface area (TPSA) is 78.1 Å². The first-order chi connectivity index (χ1) is 14.7. The lowest BCUT2D eigenvalue weighted by atomic mass is 10.1. The number of alkyl halides is 3. The Morgan fingerprint density at radius 3 is 2.71 bits per heavy atom. The second-order valence-corrected chi connectivity index (χ2v) is 7.73. The van der Waals surface area contributed by atoms with E-state index in [0.717, 1.165) is 12.8 Å². The molecule has 1 saturated heterocycles. The Morgan fingerprint density at radius 1 is 1.26 bits per heavy atom. The molecule has 1 unspecified atom stereocenters. The molecule has 0 saturated carbocycles. The predicted molar refractivity (Wildman–Crippen MR) is 113 cm³/mol. The number of nitrogens with one attached hydrogen (secondary N) is 2. The summed E-state index contributed by atoms with van der Waals surface area (Å²) in [5, 5.41) is 2.55.